The molecule has 0 saturated carbocycles. The molecule has 0 spiro atoms. The lowest BCUT2D eigenvalue weighted by molar-refractivity contribution is -0.116. The molecular weight excluding hydrogens is 236 g/mol. The van der Waals surface area contributed by atoms with Gasteiger partial charge in [-0.05, 0) is 13.3 Å². The van der Waals surface area contributed by atoms with Gasteiger partial charge in [-0.15, -0.1) is 11.3 Å². The summed E-state index contributed by atoms with van der Waals surface area (Å²) < 4.78 is 1.72. The molecule has 0 saturated heterocycles. The number of aromatic nitrogens is 3. The molecule has 2 heterocycles. The number of amides is 1. The first-order valence-electron chi connectivity index (χ1n) is 5.41. The summed E-state index contributed by atoms with van der Waals surface area (Å²) in [5.74, 6) is -0.0839. The fraction of sp³-hybridized carbons (Fsp3) is 0.364. The van der Waals surface area contributed by atoms with E-state index in [9.17, 15) is 4.79 Å². The van der Waals surface area contributed by atoms with Crippen LogP contribution in [0.1, 0.15) is 17.5 Å². The number of aryl methyl sites for hydroxylation is 2. The number of hydrogen-bond acceptors (Lipinski definition) is 4. The van der Waals surface area contributed by atoms with Gasteiger partial charge in [0.15, 0.2) is 5.13 Å². The molecule has 2 rings (SSSR count). The third-order valence-corrected chi connectivity index (χ3v) is 3.29. The molecule has 5 nitrogen and oxygen atoms in total. The van der Waals surface area contributed by atoms with Crippen LogP contribution in [0.4, 0.5) is 5.13 Å². The Kier molecular flexibility index (Phi) is 3.53. The number of imidazole rings is 1. The number of nitrogens with zero attached hydrogens (tertiary/aromatic N) is 3. The molecule has 2 aromatic rings. The van der Waals surface area contributed by atoms with Crippen molar-refractivity contribution in [2.24, 2.45) is 0 Å². The number of rotatable bonds is 4. The van der Waals surface area contributed by atoms with Gasteiger partial charge in [0.1, 0.15) is 6.54 Å². The van der Waals surface area contributed by atoms with Crippen molar-refractivity contribution in [3.05, 3.63) is 29.3 Å². The molecular formula is C11H14N4OS. The van der Waals surface area contributed by atoms with Crippen LogP contribution < -0.4 is 5.32 Å². The van der Waals surface area contributed by atoms with Crippen LogP contribution in [0.15, 0.2) is 18.7 Å². The second-order valence-corrected chi connectivity index (χ2v) is 4.86. The highest BCUT2D eigenvalue weighted by Crippen LogP contribution is 2.22. The van der Waals surface area contributed by atoms with E-state index >= 15 is 0 Å². The molecule has 1 N–H and O–H groups in total. The molecule has 2 aromatic heterocycles. The number of hydrogen-bond donors (Lipinski definition) is 1. The normalized spacial score (nSPS) is 10.5. The number of anilines is 1. The third-order valence-electron chi connectivity index (χ3n) is 2.36. The van der Waals surface area contributed by atoms with Gasteiger partial charge in [0.25, 0.3) is 0 Å². The summed E-state index contributed by atoms with van der Waals surface area (Å²) >= 11 is 1.51. The summed E-state index contributed by atoms with van der Waals surface area (Å²) in [5, 5.41) is 3.47. The lowest BCUT2D eigenvalue weighted by atomic mass is 10.3. The number of thiazole rings is 1. The van der Waals surface area contributed by atoms with Crippen molar-refractivity contribution in [3.8, 4) is 0 Å². The van der Waals surface area contributed by atoms with Gasteiger partial charge in [-0.3, -0.25) is 4.79 Å². The Morgan fingerprint density at radius 2 is 2.41 bits per heavy atom. The smallest absolute Gasteiger partial charge is 0.246 e. The van der Waals surface area contributed by atoms with Crippen LogP contribution in [-0.2, 0) is 17.8 Å². The monoisotopic (exact) mass is 250 g/mol. The van der Waals surface area contributed by atoms with Gasteiger partial charge in [0.2, 0.25) is 5.91 Å². The lowest BCUT2D eigenvalue weighted by Gasteiger charge is -2.01. The van der Waals surface area contributed by atoms with Gasteiger partial charge in [-0.25, -0.2) is 9.97 Å². The Morgan fingerprint density at radius 1 is 1.59 bits per heavy atom. The van der Waals surface area contributed by atoms with Crippen LogP contribution in [0.2, 0.25) is 0 Å². The molecule has 0 atom stereocenters. The van der Waals surface area contributed by atoms with Gasteiger partial charge in [-0.1, -0.05) is 6.92 Å². The van der Waals surface area contributed by atoms with Crippen molar-refractivity contribution in [1.29, 1.82) is 0 Å². The van der Waals surface area contributed by atoms with Crippen LogP contribution in [0.5, 0.6) is 0 Å². The molecule has 90 valence electrons. The summed E-state index contributed by atoms with van der Waals surface area (Å²) in [6, 6.07) is 0. The average Bonchev–Trinajstić information content (AvgIpc) is 2.88. The molecule has 0 radical (unpaired) electrons. The fourth-order valence-corrected chi connectivity index (χ4v) is 2.43. The van der Waals surface area contributed by atoms with Crippen LogP contribution in [-0.4, -0.2) is 20.4 Å². The average molecular weight is 250 g/mol. The standard InChI is InChI=1S/C11H14N4OS/c1-3-9-8(2)17-11(13-9)14-10(16)6-15-5-4-12-7-15/h4-5,7H,3,6H2,1-2H3,(H,13,14,16). The minimum atomic E-state index is -0.0839. The number of carbonyl (C=O) groups is 1. The van der Waals surface area contributed by atoms with E-state index in [-0.39, 0.29) is 12.5 Å². The Bertz CT molecular complexity index is 504. The maximum atomic E-state index is 11.7. The molecule has 0 aliphatic heterocycles. The highest BCUT2D eigenvalue weighted by atomic mass is 32.1. The van der Waals surface area contributed by atoms with E-state index in [1.807, 2.05) is 6.92 Å². The molecule has 0 unspecified atom stereocenters. The maximum Gasteiger partial charge on any atom is 0.246 e. The molecule has 0 aliphatic rings. The van der Waals surface area contributed by atoms with E-state index in [0.717, 1.165) is 17.0 Å². The van der Waals surface area contributed by atoms with E-state index in [0.29, 0.717) is 5.13 Å². The van der Waals surface area contributed by atoms with E-state index < -0.39 is 0 Å². The quantitative estimate of drug-likeness (QED) is 0.900. The van der Waals surface area contributed by atoms with Crippen LogP contribution in [0.3, 0.4) is 0 Å². The maximum absolute atomic E-state index is 11.7. The highest BCUT2D eigenvalue weighted by molar-refractivity contribution is 7.15. The van der Waals surface area contributed by atoms with E-state index in [4.69, 9.17) is 0 Å². The zero-order valence-electron chi connectivity index (χ0n) is 9.80. The summed E-state index contributed by atoms with van der Waals surface area (Å²) in [6.45, 7) is 4.33. The molecule has 17 heavy (non-hydrogen) atoms. The second-order valence-electron chi connectivity index (χ2n) is 3.66. The molecule has 0 fully saturated rings. The third kappa shape index (κ3) is 2.91. The van der Waals surface area contributed by atoms with Crippen molar-refractivity contribution in [1.82, 2.24) is 14.5 Å². The van der Waals surface area contributed by atoms with Crippen molar-refractivity contribution < 1.29 is 4.79 Å². The van der Waals surface area contributed by atoms with E-state index in [2.05, 4.69) is 22.2 Å². The van der Waals surface area contributed by atoms with Crippen molar-refractivity contribution in [3.63, 3.8) is 0 Å². The summed E-state index contributed by atoms with van der Waals surface area (Å²) in [6.07, 6.45) is 5.91. The van der Waals surface area contributed by atoms with Crippen molar-refractivity contribution in [2.45, 2.75) is 26.8 Å². The zero-order valence-corrected chi connectivity index (χ0v) is 10.6. The van der Waals surface area contributed by atoms with Gasteiger partial charge in [-0.2, -0.15) is 0 Å². The molecule has 0 aliphatic carbocycles. The largest absolute Gasteiger partial charge is 0.328 e. The number of nitrogens with one attached hydrogen (secondary N) is 1. The van der Waals surface area contributed by atoms with Crippen LogP contribution in [0, 0.1) is 6.92 Å². The fourth-order valence-electron chi connectivity index (χ4n) is 1.51. The van der Waals surface area contributed by atoms with Crippen molar-refractivity contribution >= 4 is 22.4 Å². The van der Waals surface area contributed by atoms with E-state index in [1.165, 1.54) is 11.3 Å². The number of carbonyl (C=O) groups excluding carboxylic acids is 1. The van der Waals surface area contributed by atoms with Gasteiger partial charge in [0.05, 0.1) is 12.0 Å². The topological polar surface area (TPSA) is 59.8 Å². The van der Waals surface area contributed by atoms with Gasteiger partial charge < -0.3 is 9.88 Å². The summed E-state index contributed by atoms with van der Waals surface area (Å²) in [5.41, 5.74) is 1.05. The second kappa shape index (κ2) is 5.09. The summed E-state index contributed by atoms with van der Waals surface area (Å²) in [4.78, 5) is 21.1. The molecule has 0 aromatic carbocycles. The van der Waals surface area contributed by atoms with Crippen molar-refractivity contribution in [2.75, 3.05) is 5.32 Å². The Morgan fingerprint density at radius 3 is 3.00 bits per heavy atom. The minimum absolute atomic E-state index is 0.0839. The Balaban J connectivity index is 1.98. The first kappa shape index (κ1) is 11.8. The Labute approximate surface area is 104 Å². The predicted octanol–water partition coefficient (Wildman–Crippen LogP) is 1.85. The minimum Gasteiger partial charge on any atom is -0.328 e. The SMILES string of the molecule is CCc1nc(NC(=O)Cn2ccnc2)sc1C. The van der Waals surface area contributed by atoms with Gasteiger partial charge >= 0.3 is 0 Å². The van der Waals surface area contributed by atoms with Crippen LogP contribution >= 0.6 is 11.3 Å². The van der Waals surface area contributed by atoms with Gasteiger partial charge in [0, 0.05) is 17.3 Å². The molecule has 6 heteroatoms. The first-order valence-corrected chi connectivity index (χ1v) is 6.22. The van der Waals surface area contributed by atoms with E-state index in [1.54, 1.807) is 23.3 Å². The molecule has 0 bridgehead atoms. The Hall–Kier alpha value is -1.69. The highest BCUT2D eigenvalue weighted by Gasteiger charge is 2.09. The lowest BCUT2D eigenvalue weighted by Crippen LogP contribution is -2.17. The predicted molar refractivity (Wildman–Crippen MR) is 67.1 cm³/mol. The zero-order chi connectivity index (χ0) is 12.3. The first-order chi connectivity index (χ1) is 8.19. The molecule has 1 amide bonds. The summed E-state index contributed by atoms with van der Waals surface area (Å²) in [7, 11) is 0. The van der Waals surface area contributed by atoms with Crippen LogP contribution in [0.25, 0.3) is 0 Å².